The van der Waals surface area contributed by atoms with E-state index in [1.807, 2.05) is 57.5 Å². The SMILES string of the molecule is [CH2-][NH2+][C@H](C(=O)N1C[C@H](O)C[C@H]1C(=O)NCc1ccc(-c2scnc2C)cc1)C(C)(C)C. The van der Waals surface area contributed by atoms with Crippen LogP contribution in [0.25, 0.3) is 10.4 Å². The number of thiazole rings is 1. The van der Waals surface area contributed by atoms with E-state index in [-0.39, 0.29) is 30.2 Å². The van der Waals surface area contributed by atoms with Gasteiger partial charge in [-0.1, -0.05) is 45.0 Å². The second-order valence-electron chi connectivity index (χ2n) is 9.16. The largest absolute Gasteiger partial charge is 0.468 e. The molecule has 31 heavy (non-hydrogen) atoms. The molecule has 2 heterocycles. The van der Waals surface area contributed by atoms with Crippen LogP contribution in [-0.4, -0.2) is 51.5 Å². The molecule has 1 aromatic heterocycles. The van der Waals surface area contributed by atoms with Crippen LogP contribution in [0.15, 0.2) is 29.8 Å². The van der Waals surface area contributed by atoms with Gasteiger partial charge in [-0.05, 0) is 18.1 Å². The van der Waals surface area contributed by atoms with Crippen LogP contribution in [0, 0.1) is 19.4 Å². The normalized spacial score (nSPS) is 20.0. The van der Waals surface area contributed by atoms with Crippen LogP contribution in [0.2, 0.25) is 0 Å². The van der Waals surface area contributed by atoms with Gasteiger partial charge < -0.3 is 20.6 Å². The van der Waals surface area contributed by atoms with E-state index in [0.29, 0.717) is 6.54 Å². The maximum atomic E-state index is 13.1. The topological polar surface area (TPSA) is 99.1 Å². The highest BCUT2D eigenvalue weighted by molar-refractivity contribution is 7.13. The molecule has 1 saturated heterocycles. The Bertz CT molecular complexity index is 920. The molecule has 0 radical (unpaired) electrons. The van der Waals surface area contributed by atoms with Gasteiger partial charge in [0, 0.05) is 24.9 Å². The summed E-state index contributed by atoms with van der Waals surface area (Å²) in [4.78, 5) is 32.9. The number of aliphatic hydroxyl groups is 1. The van der Waals surface area contributed by atoms with E-state index in [4.69, 9.17) is 0 Å². The first-order valence-corrected chi connectivity index (χ1v) is 11.4. The Morgan fingerprint density at radius 1 is 1.35 bits per heavy atom. The number of aryl methyl sites for hydroxylation is 1. The molecule has 3 rings (SSSR count). The van der Waals surface area contributed by atoms with Crippen molar-refractivity contribution in [2.45, 2.75) is 58.8 Å². The number of hydrogen-bond acceptors (Lipinski definition) is 5. The molecule has 2 aromatic rings. The van der Waals surface area contributed by atoms with E-state index in [0.717, 1.165) is 21.7 Å². The molecular formula is C23H32N4O3S. The van der Waals surface area contributed by atoms with Crippen molar-refractivity contribution in [3.8, 4) is 10.4 Å². The minimum atomic E-state index is -0.702. The van der Waals surface area contributed by atoms with Crippen molar-refractivity contribution in [3.63, 3.8) is 0 Å². The number of nitrogens with two attached hydrogens (primary N) is 1. The van der Waals surface area contributed by atoms with Crippen LogP contribution in [0.5, 0.6) is 0 Å². The van der Waals surface area contributed by atoms with Gasteiger partial charge >= 0.3 is 0 Å². The molecular weight excluding hydrogens is 412 g/mol. The third kappa shape index (κ3) is 5.31. The van der Waals surface area contributed by atoms with Gasteiger partial charge in [0.2, 0.25) is 5.91 Å². The van der Waals surface area contributed by atoms with Crippen LogP contribution in [-0.2, 0) is 16.1 Å². The summed E-state index contributed by atoms with van der Waals surface area (Å²) in [6, 6.07) is 6.91. The number of quaternary nitrogens is 1. The number of benzene rings is 1. The van der Waals surface area contributed by atoms with E-state index in [9.17, 15) is 14.7 Å². The summed E-state index contributed by atoms with van der Waals surface area (Å²) in [6.45, 7) is 8.42. The molecule has 4 N–H and O–H groups in total. The third-order valence-electron chi connectivity index (χ3n) is 5.73. The average molecular weight is 445 g/mol. The Morgan fingerprint density at radius 2 is 2.03 bits per heavy atom. The Kier molecular flexibility index (Phi) is 7.13. The second kappa shape index (κ2) is 9.46. The standard InChI is InChI=1S/C23H32N4O3S/c1-14-19(31-13-26-14)16-8-6-15(7-9-16)11-25-21(29)18-10-17(28)12-27(18)22(30)20(24-5)23(2,3)4/h6-9,13,17-18,20,28H,5,10-12,24H2,1-4H3,(H,25,29)/t17-,18+,20-/m1/s1. The number of β-amino-alcohol motifs (C(OH)–C–C–N with tert-alkyl or cyclic N) is 1. The predicted molar refractivity (Wildman–Crippen MR) is 121 cm³/mol. The number of carbonyl (C=O) groups is 2. The van der Waals surface area contributed by atoms with Gasteiger partial charge in [-0.15, -0.1) is 11.3 Å². The van der Waals surface area contributed by atoms with Crippen LogP contribution in [0.4, 0.5) is 0 Å². The molecule has 0 unspecified atom stereocenters. The second-order valence-corrected chi connectivity index (χ2v) is 10.0. The van der Waals surface area contributed by atoms with Crippen molar-refractivity contribution in [2.75, 3.05) is 6.54 Å². The fraction of sp³-hybridized carbons (Fsp3) is 0.478. The van der Waals surface area contributed by atoms with Gasteiger partial charge in [0.25, 0.3) is 5.91 Å². The smallest absolute Gasteiger partial charge is 0.279 e. The lowest BCUT2D eigenvalue weighted by atomic mass is 9.86. The van der Waals surface area contributed by atoms with Gasteiger partial charge in [-0.2, -0.15) is 7.05 Å². The monoisotopic (exact) mass is 444 g/mol. The molecule has 168 valence electrons. The number of nitrogens with zero attached hydrogens (tertiary/aromatic N) is 2. The van der Waals surface area contributed by atoms with Gasteiger partial charge in [-0.25, -0.2) is 4.98 Å². The summed E-state index contributed by atoms with van der Waals surface area (Å²) in [6.07, 6.45) is -0.457. The minimum absolute atomic E-state index is 0.163. The van der Waals surface area contributed by atoms with Crippen molar-refractivity contribution in [1.82, 2.24) is 15.2 Å². The summed E-state index contributed by atoms with van der Waals surface area (Å²) in [5.74, 6) is -0.410. The fourth-order valence-corrected chi connectivity index (χ4v) is 4.78. The number of likely N-dealkylation sites (tertiary alicyclic amines) is 1. The number of carbonyl (C=O) groups excluding carboxylic acids is 2. The van der Waals surface area contributed by atoms with Gasteiger partial charge in [0.1, 0.15) is 12.1 Å². The lowest BCUT2D eigenvalue weighted by Crippen LogP contribution is -2.90. The first-order chi connectivity index (χ1) is 14.6. The molecule has 1 fully saturated rings. The summed E-state index contributed by atoms with van der Waals surface area (Å²) >= 11 is 1.60. The van der Waals surface area contributed by atoms with E-state index >= 15 is 0 Å². The molecule has 1 aliphatic heterocycles. The highest BCUT2D eigenvalue weighted by Gasteiger charge is 2.44. The molecule has 8 heteroatoms. The molecule has 1 aliphatic rings. The molecule has 0 saturated carbocycles. The zero-order valence-electron chi connectivity index (χ0n) is 18.6. The Balaban J connectivity index is 1.65. The highest BCUT2D eigenvalue weighted by atomic mass is 32.1. The van der Waals surface area contributed by atoms with Crippen LogP contribution in [0.3, 0.4) is 0 Å². The lowest BCUT2D eigenvalue weighted by Gasteiger charge is -2.34. The van der Waals surface area contributed by atoms with E-state index in [1.54, 1.807) is 16.7 Å². The molecule has 7 nitrogen and oxygen atoms in total. The van der Waals surface area contributed by atoms with Gasteiger partial charge in [0.15, 0.2) is 0 Å². The average Bonchev–Trinajstić information content (AvgIpc) is 3.31. The highest BCUT2D eigenvalue weighted by Crippen LogP contribution is 2.27. The van der Waals surface area contributed by atoms with Crippen LogP contribution < -0.4 is 10.6 Å². The van der Waals surface area contributed by atoms with Gasteiger partial charge in [-0.3, -0.25) is 9.59 Å². The number of amides is 2. The number of aromatic nitrogens is 1. The first-order valence-electron chi connectivity index (χ1n) is 10.5. The molecule has 0 spiro atoms. The quantitative estimate of drug-likeness (QED) is 0.588. The van der Waals surface area contributed by atoms with Crippen molar-refractivity contribution in [3.05, 3.63) is 48.1 Å². The Hall–Kier alpha value is -2.29. The van der Waals surface area contributed by atoms with Crippen molar-refractivity contribution < 1.29 is 20.0 Å². The minimum Gasteiger partial charge on any atom is -0.468 e. The van der Waals surface area contributed by atoms with E-state index in [2.05, 4.69) is 17.3 Å². The summed E-state index contributed by atoms with van der Waals surface area (Å²) in [5, 5.41) is 14.7. The third-order valence-corrected chi connectivity index (χ3v) is 6.71. The molecule has 0 bridgehead atoms. The van der Waals surface area contributed by atoms with Crippen molar-refractivity contribution in [1.29, 1.82) is 0 Å². The fourth-order valence-electron chi connectivity index (χ4n) is 3.97. The molecule has 1 aromatic carbocycles. The Labute approximate surface area is 187 Å². The van der Waals surface area contributed by atoms with Crippen LogP contribution in [0.1, 0.15) is 38.4 Å². The molecule has 2 amide bonds. The first kappa shape index (κ1) is 23.4. The van der Waals surface area contributed by atoms with Crippen molar-refractivity contribution in [2.24, 2.45) is 5.41 Å². The number of aliphatic hydroxyl groups excluding tert-OH is 1. The summed E-state index contributed by atoms with van der Waals surface area (Å²) < 4.78 is 0. The summed E-state index contributed by atoms with van der Waals surface area (Å²) in [5.41, 5.74) is 4.59. The lowest BCUT2D eigenvalue weighted by molar-refractivity contribution is -0.634. The zero-order chi connectivity index (χ0) is 22.8. The molecule has 3 atom stereocenters. The number of hydrogen-bond donors (Lipinski definition) is 3. The maximum Gasteiger partial charge on any atom is 0.279 e. The summed E-state index contributed by atoms with van der Waals surface area (Å²) in [7, 11) is 3.80. The zero-order valence-corrected chi connectivity index (χ0v) is 19.4. The van der Waals surface area contributed by atoms with E-state index < -0.39 is 18.2 Å². The maximum absolute atomic E-state index is 13.1. The number of nitrogens with one attached hydrogen (secondary N) is 1. The number of rotatable bonds is 6. The van der Waals surface area contributed by atoms with Gasteiger partial charge in [0.05, 0.1) is 22.2 Å². The molecule has 0 aliphatic carbocycles. The Morgan fingerprint density at radius 3 is 2.58 bits per heavy atom. The van der Waals surface area contributed by atoms with Crippen molar-refractivity contribution >= 4 is 23.2 Å². The van der Waals surface area contributed by atoms with E-state index in [1.165, 1.54) is 4.90 Å². The predicted octanol–water partition coefficient (Wildman–Crippen LogP) is 1.47. The van der Waals surface area contributed by atoms with Crippen LogP contribution >= 0.6 is 11.3 Å².